The minimum Gasteiger partial charge on any atom is -0.373 e. The van der Waals surface area contributed by atoms with Crippen molar-refractivity contribution in [2.45, 2.75) is 20.1 Å². The van der Waals surface area contributed by atoms with Gasteiger partial charge in [-0.05, 0) is 37.5 Å². The molecule has 0 saturated heterocycles. The molecule has 4 heteroatoms. The first-order valence-corrected chi connectivity index (χ1v) is 9.41. The van der Waals surface area contributed by atoms with Gasteiger partial charge in [-0.1, -0.05) is 60.7 Å². The third-order valence-electron chi connectivity index (χ3n) is 5.34. The number of aromatic nitrogens is 2. The summed E-state index contributed by atoms with van der Waals surface area (Å²) in [6.07, 6.45) is 14.2. The molecule has 1 aromatic heterocycles. The normalized spacial score (nSPS) is 21.8. The van der Waals surface area contributed by atoms with Crippen LogP contribution in [0.25, 0.3) is 5.69 Å². The fourth-order valence-corrected chi connectivity index (χ4v) is 3.98. The Bertz CT molecular complexity index is 934. The van der Waals surface area contributed by atoms with E-state index in [0.717, 1.165) is 17.2 Å². The molecule has 4 nitrogen and oxygen atoms in total. The predicted molar refractivity (Wildman–Crippen MR) is 108 cm³/mol. The average molecular weight is 359 g/mol. The number of aryl methyl sites for hydroxylation is 1. The van der Waals surface area contributed by atoms with E-state index in [1.54, 1.807) is 0 Å². The highest BCUT2D eigenvalue weighted by atomic mass is 16.3. The number of aliphatic hydroxyl groups excluding tert-OH is 1. The van der Waals surface area contributed by atoms with E-state index in [4.69, 9.17) is 0 Å². The number of aliphatic hydroxyl groups is 1. The van der Waals surface area contributed by atoms with Gasteiger partial charge in [0.05, 0.1) is 0 Å². The Labute approximate surface area is 160 Å². The van der Waals surface area contributed by atoms with E-state index in [-0.39, 0.29) is 0 Å². The van der Waals surface area contributed by atoms with Gasteiger partial charge in [-0.25, -0.2) is 4.98 Å². The van der Waals surface area contributed by atoms with Gasteiger partial charge in [-0.2, -0.15) is 0 Å². The molecule has 0 amide bonds. The number of imidazole rings is 1. The van der Waals surface area contributed by atoms with Crippen molar-refractivity contribution in [3.8, 4) is 5.69 Å². The van der Waals surface area contributed by atoms with Crippen LogP contribution in [0.3, 0.4) is 0 Å². The second-order valence-electron chi connectivity index (χ2n) is 7.10. The Balaban J connectivity index is 1.49. The smallest absolute Gasteiger partial charge is 0.149 e. The lowest BCUT2D eigenvalue weighted by Gasteiger charge is -2.28. The molecule has 138 valence electrons. The highest BCUT2D eigenvalue weighted by molar-refractivity contribution is 5.40. The van der Waals surface area contributed by atoms with E-state index in [1.807, 2.05) is 32.0 Å². The van der Waals surface area contributed by atoms with Crippen LogP contribution in [0.15, 0.2) is 78.4 Å². The lowest BCUT2D eigenvalue weighted by atomic mass is 9.80. The molecule has 1 heterocycles. The summed E-state index contributed by atoms with van der Waals surface area (Å²) in [5, 5.41) is 14.0. The molecule has 0 fully saturated rings. The average Bonchev–Trinajstić information content (AvgIpc) is 3.01. The molecule has 3 unspecified atom stereocenters. The third kappa shape index (κ3) is 3.46. The van der Waals surface area contributed by atoms with Crippen LogP contribution in [0, 0.1) is 25.7 Å². The van der Waals surface area contributed by atoms with Crippen molar-refractivity contribution in [2.75, 3.05) is 6.54 Å². The molecular formula is C23H25N3O. The van der Waals surface area contributed by atoms with E-state index in [0.29, 0.717) is 24.1 Å². The zero-order valence-electron chi connectivity index (χ0n) is 15.7. The highest BCUT2D eigenvalue weighted by Crippen LogP contribution is 2.31. The zero-order valence-corrected chi connectivity index (χ0v) is 15.7. The number of nitrogens with zero attached hydrogens (tertiary/aromatic N) is 2. The maximum Gasteiger partial charge on any atom is 0.149 e. The molecule has 2 N–H and O–H groups in total. The highest BCUT2D eigenvalue weighted by Gasteiger charge is 2.25. The van der Waals surface area contributed by atoms with Crippen molar-refractivity contribution >= 4 is 0 Å². The number of hydrogen-bond donors (Lipinski definition) is 2. The van der Waals surface area contributed by atoms with Crippen LogP contribution in [0.2, 0.25) is 0 Å². The summed E-state index contributed by atoms with van der Waals surface area (Å²) >= 11 is 0. The number of allylic oxidation sites excluding steroid dienone is 7. The van der Waals surface area contributed by atoms with Crippen LogP contribution in [-0.4, -0.2) is 21.2 Å². The monoisotopic (exact) mass is 359 g/mol. The summed E-state index contributed by atoms with van der Waals surface area (Å²) in [5.74, 6) is 1.56. The van der Waals surface area contributed by atoms with Crippen LogP contribution in [-0.2, 0) is 0 Å². The molecule has 2 aliphatic rings. The minimum atomic E-state index is -0.792. The van der Waals surface area contributed by atoms with E-state index in [9.17, 15) is 5.11 Å². The van der Waals surface area contributed by atoms with Gasteiger partial charge in [0, 0.05) is 23.8 Å². The fraction of sp³-hybridized carbons (Fsp3) is 0.261. The third-order valence-corrected chi connectivity index (χ3v) is 5.34. The summed E-state index contributed by atoms with van der Waals surface area (Å²) in [4.78, 5) is 4.63. The molecular weight excluding hydrogens is 334 g/mol. The molecule has 3 atom stereocenters. The first kappa shape index (κ1) is 17.7. The lowest BCUT2D eigenvalue weighted by Crippen LogP contribution is -2.31. The maximum absolute atomic E-state index is 10.8. The number of para-hydroxylation sites is 1. The molecule has 0 bridgehead atoms. The van der Waals surface area contributed by atoms with Crippen molar-refractivity contribution in [2.24, 2.45) is 11.8 Å². The van der Waals surface area contributed by atoms with Gasteiger partial charge in [0.2, 0.25) is 0 Å². The lowest BCUT2D eigenvalue weighted by molar-refractivity contribution is 0.129. The Kier molecular flexibility index (Phi) is 4.92. The first-order chi connectivity index (χ1) is 13.1. The summed E-state index contributed by atoms with van der Waals surface area (Å²) in [6, 6.07) is 10.1. The SMILES string of the molecule is Cc1nc(C(O)NCC2C=CC=C3C=CC=CC32)c(C)n1-c1ccccc1. The van der Waals surface area contributed by atoms with Crippen molar-refractivity contribution in [1.82, 2.24) is 14.9 Å². The molecule has 4 rings (SSSR count). The standard InChI is InChI=1S/C23H25N3O/c1-16-22(25-17(2)26(16)20-12-4-3-5-13-20)23(27)24-15-19-11-8-10-18-9-6-7-14-21(18)19/h3-14,19,21,23-24,27H,15H2,1-2H3. The second kappa shape index (κ2) is 7.51. The van der Waals surface area contributed by atoms with Gasteiger partial charge in [0.1, 0.15) is 17.7 Å². The summed E-state index contributed by atoms with van der Waals surface area (Å²) < 4.78 is 2.08. The van der Waals surface area contributed by atoms with Gasteiger partial charge in [-0.15, -0.1) is 0 Å². The number of hydrogen-bond acceptors (Lipinski definition) is 3. The van der Waals surface area contributed by atoms with Crippen molar-refractivity contribution in [3.05, 3.63) is 95.6 Å². The van der Waals surface area contributed by atoms with Gasteiger partial charge in [0.15, 0.2) is 0 Å². The van der Waals surface area contributed by atoms with E-state index >= 15 is 0 Å². The van der Waals surface area contributed by atoms with Crippen LogP contribution >= 0.6 is 0 Å². The van der Waals surface area contributed by atoms with Gasteiger partial charge < -0.3 is 9.67 Å². The molecule has 0 saturated carbocycles. The summed E-state index contributed by atoms with van der Waals surface area (Å²) in [6.45, 7) is 4.66. The second-order valence-corrected chi connectivity index (χ2v) is 7.10. The topological polar surface area (TPSA) is 50.1 Å². The van der Waals surface area contributed by atoms with E-state index in [2.05, 4.69) is 69.5 Å². The minimum absolute atomic E-state index is 0.318. The Morgan fingerprint density at radius 1 is 1.11 bits per heavy atom. The van der Waals surface area contributed by atoms with E-state index < -0.39 is 6.23 Å². The van der Waals surface area contributed by atoms with Crippen molar-refractivity contribution < 1.29 is 5.11 Å². The molecule has 0 aliphatic heterocycles. The Morgan fingerprint density at radius 2 is 1.93 bits per heavy atom. The van der Waals surface area contributed by atoms with Gasteiger partial charge in [0.25, 0.3) is 0 Å². The van der Waals surface area contributed by atoms with Gasteiger partial charge >= 0.3 is 0 Å². The van der Waals surface area contributed by atoms with E-state index in [1.165, 1.54) is 5.57 Å². The van der Waals surface area contributed by atoms with Crippen molar-refractivity contribution in [1.29, 1.82) is 0 Å². The number of benzene rings is 1. The summed E-state index contributed by atoms with van der Waals surface area (Å²) in [7, 11) is 0. The number of rotatable bonds is 5. The summed E-state index contributed by atoms with van der Waals surface area (Å²) in [5.41, 5.74) is 4.02. The van der Waals surface area contributed by atoms with Crippen molar-refractivity contribution in [3.63, 3.8) is 0 Å². The molecule has 2 aromatic rings. The number of fused-ring (bicyclic) bond motifs is 1. The fourth-order valence-electron chi connectivity index (χ4n) is 3.98. The maximum atomic E-state index is 10.8. The van der Waals surface area contributed by atoms with Crippen LogP contribution in [0.5, 0.6) is 0 Å². The Morgan fingerprint density at radius 3 is 2.74 bits per heavy atom. The van der Waals surface area contributed by atoms with Crippen LogP contribution < -0.4 is 5.32 Å². The predicted octanol–water partition coefficient (Wildman–Crippen LogP) is 3.92. The van der Waals surface area contributed by atoms with Gasteiger partial charge in [-0.3, -0.25) is 5.32 Å². The molecule has 2 aliphatic carbocycles. The molecule has 0 radical (unpaired) electrons. The van der Waals surface area contributed by atoms with Crippen LogP contribution in [0.1, 0.15) is 23.4 Å². The molecule has 0 spiro atoms. The van der Waals surface area contributed by atoms with Crippen LogP contribution in [0.4, 0.5) is 0 Å². The quantitative estimate of drug-likeness (QED) is 0.796. The molecule has 27 heavy (non-hydrogen) atoms. The largest absolute Gasteiger partial charge is 0.373 e. The molecule has 1 aromatic carbocycles. The first-order valence-electron chi connectivity index (χ1n) is 9.41. The Hall–Kier alpha value is -2.69. The number of nitrogens with one attached hydrogen (secondary N) is 1. The zero-order chi connectivity index (χ0) is 18.8.